The Balaban J connectivity index is -0.0000000422. The number of aliphatic hydroxyl groups excluding tert-OH is 1. The molecule has 0 fully saturated rings. The Hall–Kier alpha value is 0.858. The van der Waals surface area contributed by atoms with Crippen molar-refractivity contribution in [3.63, 3.8) is 0 Å². The van der Waals surface area contributed by atoms with Gasteiger partial charge in [-0.1, -0.05) is 0 Å². The predicted octanol–water partition coefficient (Wildman–Crippen LogP) is 1.66. The Bertz CT molecular complexity index is 309. The molecule has 22 heavy (non-hydrogen) atoms. The van der Waals surface area contributed by atoms with Gasteiger partial charge in [-0.15, -0.1) is 0 Å². The Labute approximate surface area is 184 Å². The molecule has 0 saturated carbocycles. The summed E-state index contributed by atoms with van der Waals surface area (Å²) in [6.45, 7) is 7.33. The molecular weight excluding hydrogens is 473 g/mol. The van der Waals surface area contributed by atoms with Crippen molar-refractivity contribution in [2.75, 3.05) is 0 Å². The zero-order chi connectivity index (χ0) is 17.6. The number of carbonyl (C=O) groups is 2. The molecule has 0 rings (SSSR count). The number of carbonyl (C=O) groups excluding carboxylic acids is 1. The third-order valence-electron chi connectivity index (χ3n) is 1.25. The van der Waals surface area contributed by atoms with Gasteiger partial charge in [-0.3, -0.25) is 4.79 Å². The van der Waals surface area contributed by atoms with Crippen molar-refractivity contribution in [1.82, 2.24) is 0 Å². The maximum Gasteiger partial charge on any atom is 0.340 e. The number of alkyl halides is 1. The molecule has 128 valence electrons. The summed E-state index contributed by atoms with van der Waals surface area (Å²) in [7, 11) is 5.25. The fourth-order valence-corrected chi connectivity index (χ4v) is 0.217. The van der Waals surface area contributed by atoms with Gasteiger partial charge in [0.25, 0.3) is 5.97 Å². The van der Waals surface area contributed by atoms with Gasteiger partial charge in [0.15, 0.2) is 0 Å². The number of hydrogen-bond acceptors (Lipinski definition) is 6. The van der Waals surface area contributed by atoms with E-state index in [-0.39, 0.29) is 71.4 Å². The Morgan fingerprint density at radius 3 is 1.23 bits per heavy atom. The average molecular weight is 494 g/mol. The molecule has 0 amide bonds. The number of hydrogen-bond donors (Lipinski definition) is 2. The minimum atomic E-state index is -2.08. The van der Waals surface area contributed by atoms with E-state index in [1.807, 2.05) is 0 Å². The van der Waals surface area contributed by atoms with Gasteiger partial charge in [-0.2, -0.15) is 15.5 Å². The molecule has 0 aliphatic heterocycles. The Morgan fingerprint density at radius 2 is 1.23 bits per heavy atom. The van der Waals surface area contributed by atoms with Gasteiger partial charge in [0.05, 0.1) is 5.41 Å². The summed E-state index contributed by atoms with van der Waals surface area (Å²) < 4.78 is 32.7. The molecule has 0 unspecified atom stereocenters. The summed E-state index contributed by atoms with van der Waals surface area (Å²) in [4.78, 5) is 20.2. The summed E-state index contributed by atoms with van der Waals surface area (Å²) in [6.07, 6.45) is 0. The molecular formula is C11H21FO7SY2-2. The van der Waals surface area contributed by atoms with E-state index in [0.717, 1.165) is 13.8 Å². The Morgan fingerprint density at radius 1 is 1.05 bits per heavy atom. The van der Waals surface area contributed by atoms with E-state index in [9.17, 15) is 14.0 Å². The van der Waals surface area contributed by atoms with Crippen molar-refractivity contribution in [3.05, 3.63) is 14.2 Å². The predicted molar refractivity (Wildman–Crippen MR) is 69.9 cm³/mol. The fraction of sp³-hybridized carbons (Fsp3) is 0.636. The van der Waals surface area contributed by atoms with Crippen LogP contribution in [0.4, 0.5) is 4.39 Å². The number of carboxylic acid groups (broad SMARTS) is 1. The molecule has 0 saturated heterocycles. The van der Waals surface area contributed by atoms with Gasteiger partial charge < -0.3 is 14.9 Å². The average Bonchev–Trinajstić information content (AvgIpc) is 2.30. The fourth-order valence-electron chi connectivity index (χ4n) is 0.217. The minimum Gasteiger partial charge on any atom is -0.640 e. The van der Waals surface area contributed by atoms with Gasteiger partial charge in [-0.25, -0.2) is 16.3 Å². The van der Waals surface area contributed by atoms with Crippen molar-refractivity contribution in [2.24, 2.45) is 5.41 Å². The standard InChI is InChI=1S/C6H11O2.C4H7FO2.CH3O.O2S.2Y/c1-6(2,3)5(7)8-4;1-4(2,5)3(6)7;1-2;1-3-2;;/h4H2,1-3H3;1-2H3,(H,6,7);2H,1H2;;;/q-1;;-1;;;. The first-order valence-electron chi connectivity index (χ1n) is 4.96. The first-order valence-corrected chi connectivity index (χ1v) is 5.63. The molecule has 0 heterocycles. The van der Waals surface area contributed by atoms with E-state index in [0.29, 0.717) is 0 Å². The number of carboxylic acids is 1. The van der Waals surface area contributed by atoms with Crippen molar-refractivity contribution in [2.45, 2.75) is 40.3 Å². The molecule has 0 atom stereocenters. The van der Waals surface area contributed by atoms with E-state index in [1.165, 1.54) is 0 Å². The van der Waals surface area contributed by atoms with Gasteiger partial charge >= 0.3 is 17.5 Å². The summed E-state index contributed by atoms with van der Waals surface area (Å²) in [5, 5.41) is 14.6. The molecule has 0 aromatic rings. The molecule has 2 radical (unpaired) electrons. The van der Waals surface area contributed by atoms with E-state index in [2.05, 4.69) is 19.0 Å². The van der Waals surface area contributed by atoms with Crippen LogP contribution in [-0.2, 0) is 91.3 Å². The third kappa shape index (κ3) is 37.3. The number of aliphatic hydroxyl groups is 1. The monoisotopic (exact) mass is 494 g/mol. The number of aliphatic carboxylic acids is 1. The topological polar surface area (TPSA) is 118 Å². The van der Waals surface area contributed by atoms with Crippen molar-refractivity contribution < 1.29 is 103 Å². The maximum absolute atomic E-state index is 11.9. The van der Waals surface area contributed by atoms with Crippen LogP contribution in [0.1, 0.15) is 34.6 Å². The molecule has 7 nitrogen and oxygen atoms in total. The normalized spacial score (nSPS) is 8.41. The van der Waals surface area contributed by atoms with E-state index in [1.54, 1.807) is 20.8 Å². The van der Waals surface area contributed by atoms with Crippen LogP contribution < -0.4 is 0 Å². The van der Waals surface area contributed by atoms with Crippen LogP contribution in [0, 0.1) is 19.6 Å². The zero-order valence-electron chi connectivity index (χ0n) is 13.3. The van der Waals surface area contributed by atoms with Crippen LogP contribution in [0.2, 0.25) is 0 Å². The summed E-state index contributed by atoms with van der Waals surface area (Å²) >= 11 is -0.750. The van der Waals surface area contributed by atoms with Crippen molar-refractivity contribution in [1.29, 1.82) is 0 Å². The molecule has 0 spiro atoms. The van der Waals surface area contributed by atoms with Gasteiger partial charge in [0.2, 0.25) is 5.67 Å². The SMILES string of the molecule is CC(C)(F)C(=O)O.O=S=O.[CH2-]O.[CH2-]OC(=O)C(C)(C)C.[Y].[Y]. The molecule has 0 aromatic carbocycles. The smallest absolute Gasteiger partial charge is 0.340 e. The molecule has 2 N–H and O–H groups in total. The number of ether oxygens (including phenoxy) is 1. The minimum absolute atomic E-state index is 0. The first kappa shape index (κ1) is 38.4. The molecule has 0 aliphatic rings. The third-order valence-corrected chi connectivity index (χ3v) is 1.25. The van der Waals surface area contributed by atoms with Gasteiger partial charge in [-0.05, 0) is 34.6 Å². The van der Waals surface area contributed by atoms with Crippen LogP contribution in [0.3, 0.4) is 0 Å². The second-order valence-corrected chi connectivity index (χ2v) is 4.66. The number of halogens is 1. The van der Waals surface area contributed by atoms with Crippen LogP contribution in [0.5, 0.6) is 0 Å². The van der Waals surface area contributed by atoms with Crippen LogP contribution in [-0.4, -0.2) is 36.2 Å². The van der Waals surface area contributed by atoms with Crippen LogP contribution in [0.15, 0.2) is 0 Å². The van der Waals surface area contributed by atoms with Gasteiger partial charge in [0, 0.05) is 65.4 Å². The summed E-state index contributed by atoms with van der Waals surface area (Å²) in [6, 6.07) is 0. The second-order valence-electron chi connectivity index (χ2n) is 4.53. The van der Waals surface area contributed by atoms with Crippen LogP contribution >= 0.6 is 0 Å². The summed E-state index contributed by atoms with van der Waals surface area (Å²) in [5.74, 6) is -1.70. The van der Waals surface area contributed by atoms with E-state index < -0.39 is 28.6 Å². The maximum atomic E-state index is 11.9. The van der Waals surface area contributed by atoms with E-state index >= 15 is 0 Å². The van der Waals surface area contributed by atoms with Crippen molar-refractivity contribution >= 4 is 23.5 Å². The van der Waals surface area contributed by atoms with Crippen LogP contribution in [0.25, 0.3) is 0 Å². The van der Waals surface area contributed by atoms with E-state index in [4.69, 9.17) is 18.6 Å². The molecule has 11 heteroatoms. The first-order chi connectivity index (χ1) is 8.84. The Kier molecular flexibility index (Phi) is 38.2. The molecule has 0 aromatic heterocycles. The largest absolute Gasteiger partial charge is 0.640 e. The number of rotatable bonds is 1. The number of esters is 1. The van der Waals surface area contributed by atoms with Crippen molar-refractivity contribution in [3.8, 4) is 0 Å². The second kappa shape index (κ2) is 21.9. The summed E-state index contributed by atoms with van der Waals surface area (Å²) in [5.41, 5.74) is -2.50. The van der Waals surface area contributed by atoms with Gasteiger partial charge in [0.1, 0.15) is 0 Å². The molecule has 0 aliphatic carbocycles. The zero-order valence-corrected chi connectivity index (χ0v) is 19.8. The molecule has 0 bridgehead atoms. The quantitative estimate of drug-likeness (QED) is 0.421.